The van der Waals surface area contributed by atoms with Gasteiger partial charge in [0.15, 0.2) is 0 Å². The van der Waals surface area contributed by atoms with Crippen molar-refractivity contribution >= 4 is 23.4 Å². The fourth-order valence-electron chi connectivity index (χ4n) is 2.58. The van der Waals surface area contributed by atoms with E-state index in [2.05, 4.69) is 5.32 Å². The molecule has 2 atom stereocenters. The van der Waals surface area contributed by atoms with Crippen molar-refractivity contribution in [1.29, 1.82) is 0 Å². The van der Waals surface area contributed by atoms with Crippen LogP contribution in [0, 0.1) is 11.7 Å². The third kappa shape index (κ3) is 2.78. The van der Waals surface area contributed by atoms with Gasteiger partial charge < -0.3 is 0 Å². The van der Waals surface area contributed by atoms with Crippen molar-refractivity contribution in [1.82, 2.24) is 5.32 Å². The molecule has 0 aromatic heterocycles. The predicted octanol–water partition coefficient (Wildman–Crippen LogP) is 3.03. The molecule has 1 aliphatic heterocycles. The zero-order valence-electron chi connectivity index (χ0n) is 10.6. The summed E-state index contributed by atoms with van der Waals surface area (Å²) in [7, 11) is 0. The lowest BCUT2D eigenvalue weighted by atomic mass is 9.78. The molecule has 1 N–H and O–H groups in total. The molecule has 2 amide bonds. The number of amides is 2. The number of piperidine rings is 1. The summed E-state index contributed by atoms with van der Waals surface area (Å²) in [5.41, 5.74) is 0.356. The molecule has 2 unspecified atom stereocenters. The summed E-state index contributed by atoms with van der Waals surface area (Å²) in [6.07, 6.45) is 1.54. The Morgan fingerprint density at radius 2 is 2.16 bits per heavy atom. The number of benzene rings is 1. The number of imide groups is 1. The molecule has 19 heavy (non-hydrogen) atoms. The molecule has 3 nitrogen and oxygen atoms in total. The number of hydrogen-bond donors (Lipinski definition) is 1. The van der Waals surface area contributed by atoms with Crippen molar-refractivity contribution in [3.63, 3.8) is 0 Å². The van der Waals surface area contributed by atoms with Gasteiger partial charge in [-0.2, -0.15) is 0 Å². The van der Waals surface area contributed by atoms with Crippen LogP contribution in [0.5, 0.6) is 0 Å². The quantitative estimate of drug-likeness (QED) is 0.867. The van der Waals surface area contributed by atoms with Crippen LogP contribution in [0.3, 0.4) is 0 Å². The minimum Gasteiger partial charge on any atom is -0.296 e. The van der Waals surface area contributed by atoms with Crippen molar-refractivity contribution in [2.24, 2.45) is 5.92 Å². The number of rotatable bonds is 3. The molecule has 1 saturated heterocycles. The van der Waals surface area contributed by atoms with E-state index < -0.39 is 11.7 Å². The molecule has 5 heteroatoms. The van der Waals surface area contributed by atoms with Crippen molar-refractivity contribution in [2.45, 2.75) is 32.1 Å². The van der Waals surface area contributed by atoms with Crippen LogP contribution in [0.25, 0.3) is 0 Å². The van der Waals surface area contributed by atoms with Crippen molar-refractivity contribution in [3.8, 4) is 0 Å². The molecule has 0 aliphatic carbocycles. The standard InChI is InChI=1S/C14H15ClFNO2/c1-2-4-9-10(7-12(18)17-14(9)19)8-5-3-6-11(15)13(8)16/h3,5-6,9-10H,2,4,7H2,1H3,(H,17,18,19). The Balaban J connectivity index is 2.40. The minimum absolute atomic E-state index is 0.0196. The molecule has 2 rings (SSSR count). The van der Waals surface area contributed by atoms with Gasteiger partial charge in [-0.1, -0.05) is 37.1 Å². The molecular formula is C14H15ClFNO2. The maximum absolute atomic E-state index is 14.1. The van der Waals surface area contributed by atoms with Gasteiger partial charge in [-0.15, -0.1) is 0 Å². The summed E-state index contributed by atoms with van der Waals surface area (Å²) in [4.78, 5) is 23.4. The molecule has 0 radical (unpaired) electrons. The zero-order valence-corrected chi connectivity index (χ0v) is 11.3. The van der Waals surface area contributed by atoms with E-state index in [1.807, 2.05) is 6.92 Å². The summed E-state index contributed by atoms with van der Waals surface area (Å²) in [5, 5.41) is 2.33. The van der Waals surface area contributed by atoms with Crippen LogP contribution in [0.1, 0.15) is 37.7 Å². The second kappa shape index (κ2) is 5.70. The van der Waals surface area contributed by atoms with E-state index >= 15 is 0 Å². The Hall–Kier alpha value is -1.42. The molecule has 1 aliphatic rings. The summed E-state index contributed by atoms with van der Waals surface area (Å²) >= 11 is 5.77. The maximum Gasteiger partial charge on any atom is 0.230 e. The normalized spacial score (nSPS) is 23.3. The average Bonchev–Trinajstić information content (AvgIpc) is 2.36. The van der Waals surface area contributed by atoms with Gasteiger partial charge in [0.05, 0.1) is 5.02 Å². The second-order valence-corrected chi connectivity index (χ2v) is 5.17. The van der Waals surface area contributed by atoms with Gasteiger partial charge >= 0.3 is 0 Å². The maximum atomic E-state index is 14.1. The lowest BCUT2D eigenvalue weighted by Gasteiger charge is -2.30. The summed E-state index contributed by atoms with van der Waals surface area (Å²) in [6, 6.07) is 4.70. The summed E-state index contributed by atoms with van der Waals surface area (Å²) < 4.78 is 14.1. The van der Waals surface area contributed by atoms with Gasteiger partial charge in [-0.05, 0) is 18.1 Å². The number of halogens is 2. The van der Waals surface area contributed by atoms with E-state index in [0.29, 0.717) is 12.0 Å². The van der Waals surface area contributed by atoms with Crippen molar-refractivity contribution < 1.29 is 14.0 Å². The predicted molar refractivity (Wildman–Crippen MR) is 70.3 cm³/mol. The molecule has 102 valence electrons. The van der Waals surface area contributed by atoms with Crippen LogP contribution >= 0.6 is 11.6 Å². The second-order valence-electron chi connectivity index (χ2n) is 4.76. The molecule has 0 spiro atoms. The van der Waals surface area contributed by atoms with Gasteiger partial charge in [0.1, 0.15) is 5.82 Å². The number of hydrogen-bond acceptors (Lipinski definition) is 2. The highest BCUT2D eigenvalue weighted by Gasteiger charge is 2.37. The van der Waals surface area contributed by atoms with Gasteiger partial charge in [-0.25, -0.2) is 4.39 Å². The van der Waals surface area contributed by atoms with Crippen LogP contribution in [0.15, 0.2) is 18.2 Å². The molecule has 1 heterocycles. The van der Waals surface area contributed by atoms with Gasteiger partial charge in [0.25, 0.3) is 0 Å². The first-order chi connectivity index (χ1) is 9.04. The van der Waals surface area contributed by atoms with Gasteiger partial charge in [-0.3, -0.25) is 14.9 Å². The van der Waals surface area contributed by atoms with Crippen LogP contribution in [-0.4, -0.2) is 11.8 Å². The van der Waals surface area contributed by atoms with E-state index in [-0.39, 0.29) is 29.2 Å². The average molecular weight is 284 g/mol. The topological polar surface area (TPSA) is 46.2 Å². The summed E-state index contributed by atoms with van der Waals surface area (Å²) in [6.45, 7) is 1.95. The first-order valence-corrected chi connectivity index (χ1v) is 6.70. The van der Waals surface area contributed by atoms with E-state index in [9.17, 15) is 14.0 Å². The Morgan fingerprint density at radius 1 is 1.42 bits per heavy atom. The lowest BCUT2D eigenvalue weighted by molar-refractivity contribution is -0.137. The SMILES string of the molecule is CCCC1C(=O)NC(=O)CC1c1cccc(Cl)c1F. The van der Waals surface area contributed by atoms with E-state index in [4.69, 9.17) is 11.6 Å². The Labute approximate surface area is 116 Å². The third-order valence-corrected chi connectivity index (χ3v) is 3.76. The molecule has 1 aromatic carbocycles. The highest BCUT2D eigenvalue weighted by molar-refractivity contribution is 6.30. The molecule has 0 bridgehead atoms. The summed E-state index contributed by atoms with van der Waals surface area (Å²) in [5.74, 6) is -2.02. The molecular weight excluding hydrogens is 269 g/mol. The monoisotopic (exact) mass is 283 g/mol. The Kier molecular flexibility index (Phi) is 4.20. The number of nitrogens with one attached hydrogen (secondary N) is 1. The van der Waals surface area contributed by atoms with Crippen LogP contribution in [-0.2, 0) is 9.59 Å². The van der Waals surface area contributed by atoms with Crippen LogP contribution in [0.2, 0.25) is 5.02 Å². The number of carbonyl (C=O) groups is 2. The van der Waals surface area contributed by atoms with E-state index in [1.54, 1.807) is 12.1 Å². The molecule has 1 fully saturated rings. The van der Waals surface area contributed by atoms with Crippen molar-refractivity contribution in [3.05, 3.63) is 34.6 Å². The fourth-order valence-corrected chi connectivity index (χ4v) is 2.76. The van der Waals surface area contributed by atoms with Crippen LogP contribution < -0.4 is 5.32 Å². The Morgan fingerprint density at radius 3 is 2.84 bits per heavy atom. The zero-order chi connectivity index (χ0) is 14.0. The highest BCUT2D eigenvalue weighted by Crippen LogP contribution is 2.37. The third-order valence-electron chi connectivity index (χ3n) is 3.47. The first kappa shape index (κ1) is 14.0. The number of carbonyl (C=O) groups excluding carboxylic acids is 2. The van der Waals surface area contributed by atoms with Gasteiger partial charge in [0, 0.05) is 18.3 Å². The van der Waals surface area contributed by atoms with Crippen molar-refractivity contribution in [2.75, 3.05) is 0 Å². The fraction of sp³-hybridized carbons (Fsp3) is 0.429. The molecule has 0 saturated carbocycles. The van der Waals surface area contributed by atoms with E-state index in [1.165, 1.54) is 6.07 Å². The molecule has 1 aromatic rings. The lowest BCUT2D eigenvalue weighted by Crippen LogP contribution is -2.45. The highest BCUT2D eigenvalue weighted by atomic mass is 35.5. The Bertz CT molecular complexity index is 518. The smallest absolute Gasteiger partial charge is 0.230 e. The van der Waals surface area contributed by atoms with E-state index in [0.717, 1.165) is 6.42 Å². The largest absolute Gasteiger partial charge is 0.296 e. The van der Waals surface area contributed by atoms with Crippen LogP contribution in [0.4, 0.5) is 4.39 Å². The minimum atomic E-state index is -0.530. The first-order valence-electron chi connectivity index (χ1n) is 6.32. The van der Waals surface area contributed by atoms with Gasteiger partial charge in [0.2, 0.25) is 11.8 Å².